The molecule has 3 aromatic carbocycles. The second kappa shape index (κ2) is 12.0. The molecular weight excluding hydrogens is 549 g/mol. The van der Waals surface area contributed by atoms with Crippen LogP contribution in [-0.4, -0.2) is 56.7 Å². The molecule has 1 aliphatic heterocycles. The van der Waals surface area contributed by atoms with Crippen molar-refractivity contribution in [3.8, 4) is 0 Å². The van der Waals surface area contributed by atoms with Crippen LogP contribution in [0, 0.1) is 17.0 Å². The number of hydrogen-bond acceptors (Lipinski definition) is 4. The zero-order chi connectivity index (χ0) is 27.5. The summed E-state index contributed by atoms with van der Waals surface area (Å²) in [6.45, 7) is 7.42. The monoisotopic (exact) mass is 580 g/mol. The van der Waals surface area contributed by atoms with Gasteiger partial charge in [-0.15, -0.1) is 0 Å². The van der Waals surface area contributed by atoms with Gasteiger partial charge in [-0.1, -0.05) is 61.3 Å². The molecule has 4 rings (SSSR count). The van der Waals surface area contributed by atoms with Gasteiger partial charge in [0.15, 0.2) is 9.84 Å². The molecule has 204 valence electrons. The van der Waals surface area contributed by atoms with Crippen molar-refractivity contribution in [1.29, 1.82) is 0 Å². The summed E-state index contributed by atoms with van der Waals surface area (Å²) in [5.41, 5.74) is 1.70. The molecule has 0 N–H and O–H groups in total. The maximum atomic E-state index is 13.7. The molecule has 3 aromatic rings. The van der Waals surface area contributed by atoms with Gasteiger partial charge < -0.3 is 4.90 Å². The lowest BCUT2D eigenvalue weighted by Crippen LogP contribution is -2.64. The summed E-state index contributed by atoms with van der Waals surface area (Å²) in [7, 11) is -3.66. The van der Waals surface area contributed by atoms with E-state index in [-0.39, 0.29) is 17.4 Å². The molecule has 0 spiro atoms. The Balaban J connectivity index is 1.62. The van der Waals surface area contributed by atoms with Crippen molar-refractivity contribution < 1.29 is 17.2 Å². The Labute approximate surface area is 234 Å². The molecule has 0 unspecified atom stereocenters. The van der Waals surface area contributed by atoms with Crippen LogP contribution in [0.4, 0.5) is 8.78 Å². The molecule has 0 bridgehead atoms. The van der Waals surface area contributed by atoms with E-state index in [0.717, 1.165) is 42.4 Å². The van der Waals surface area contributed by atoms with Gasteiger partial charge in [-0.3, -0.25) is 4.90 Å². The van der Waals surface area contributed by atoms with E-state index in [4.69, 9.17) is 23.2 Å². The molecule has 0 amide bonds. The molecule has 1 aliphatic rings. The van der Waals surface area contributed by atoms with E-state index in [1.165, 1.54) is 0 Å². The van der Waals surface area contributed by atoms with Gasteiger partial charge in [-0.05, 0) is 66.2 Å². The standard InChI is InChI=1S/C29H32Cl2F2N2O2S/c1-3-34(4-2)17-29(20-38(36,37)16-21-13-26(32)15-27(33)14-21)18-35(19-29)28(22-5-9-24(30)10-6-22)23-7-11-25(31)12-8-23/h5-15,28H,3-4,16-20H2,1-2H3. The highest BCUT2D eigenvalue weighted by Gasteiger charge is 2.49. The van der Waals surface area contributed by atoms with Crippen LogP contribution in [0.3, 0.4) is 0 Å². The minimum absolute atomic E-state index is 0.0703. The Morgan fingerprint density at radius 3 is 1.79 bits per heavy atom. The minimum atomic E-state index is -3.66. The largest absolute Gasteiger partial charge is 0.303 e. The fourth-order valence-electron chi connectivity index (χ4n) is 5.53. The third-order valence-corrected chi connectivity index (χ3v) is 9.43. The number of hydrogen-bond donors (Lipinski definition) is 0. The van der Waals surface area contributed by atoms with E-state index in [0.29, 0.717) is 29.7 Å². The van der Waals surface area contributed by atoms with Gasteiger partial charge in [-0.2, -0.15) is 0 Å². The number of nitrogens with zero attached hydrogens (tertiary/aromatic N) is 2. The van der Waals surface area contributed by atoms with Gasteiger partial charge in [0.25, 0.3) is 0 Å². The van der Waals surface area contributed by atoms with Crippen molar-refractivity contribution >= 4 is 33.0 Å². The summed E-state index contributed by atoms with van der Waals surface area (Å²) < 4.78 is 54.2. The maximum absolute atomic E-state index is 13.7. The summed E-state index contributed by atoms with van der Waals surface area (Å²) in [6.07, 6.45) is 0. The first kappa shape index (κ1) is 29.0. The molecule has 1 heterocycles. The van der Waals surface area contributed by atoms with Gasteiger partial charge in [0, 0.05) is 41.2 Å². The fourth-order valence-corrected chi connectivity index (χ4v) is 7.76. The lowest BCUT2D eigenvalue weighted by molar-refractivity contribution is -0.0272. The van der Waals surface area contributed by atoms with E-state index in [1.54, 1.807) is 0 Å². The topological polar surface area (TPSA) is 40.6 Å². The summed E-state index contributed by atoms with van der Waals surface area (Å²) in [5, 5.41) is 1.28. The highest BCUT2D eigenvalue weighted by Crippen LogP contribution is 2.42. The molecule has 38 heavy (non-hydrogen) atoms. The first-order valence-corrected chi connectivity index (χ1v) is 15.2. The normalized spacial score (nSPS) is 15.7. The smallest absolute Gasteiger partial charge is 0.155 e. The molecule has 0 aliphatic carbocycles. The van der Waals surface area contributed by atoms with E-state index >= 15 is 0 Å². The predicted octanol–water partition coefficient (Wildman–Crippen LogP) is 6.62. The first-order valence-electron chi connectivity index (χ1n) is 12.6. The summed E-state index contributed by atoms with van der Waals surface area (Å²) >= 11 is 12.3. The average Bonchev–Trinajstić information content (AvgIpc) is 2.82. The lowest BCUT2D eigenvalue weighted by Gasteiger charge is -2.55. The number of halogens is 4. The van der Waals surface area contributed by atoms with Crippen molar-refractivity contribution in [3.05, 3.63) is 105 Å². The van der Waals surface area contributed by atoms with Crippen molar-refractivity contribution in [2.45, 2.75) is 25.6 Å². The van der Waals surface area contributed by atoms with Crippen molar-refractivity contribution in [2.24, 2.45) is 5.41 Å². The summed E-state index contributed by atoms with van der Waals surface area (Å²) in [6, 6.07) is 18.2. The number of likely N-dealkylation sites (tertiary alicyclic amines) is 1. The zero-order valence-electron chi connectivity index (χ0n) is 21.5. The molecule has 4 nitrogen and oxygen atoms in total. The maximum Gasteiger partial charge on any atom is 0.155 e. The number of rotatable bonds is 11. The first-order chi connectivity index (χ1) is 18.0. The van der Waals surface area contributed by atoms with E-state index in [9.17, 15) is 17.2 Å². The highest BCUT2D eigenvalue weighted by molar-refractivity contribution is 7.90. The van der Waals surface area contributed by atoms with E-state index in [2.05, 4.69) is 23.6 Å². The van der Waals surface area contributed by atoms with Crippen LogP contribution in [0.25, 0.3) is 0 Å². The second-order valence-electron chi connectivity index (χ2n) is 10.2. The van der Waals surface area contributed by atoms with Crippen molar-refractivity contribution in [1.82, 2.24) is 9.80 Å². The van der Waals surface area contributed by atoms with E-state index < -0.39 is 32.6 Å². The van der Waals surface area contributed by atoms with Crippen molar-refractivity contribution in [2.75, 3.05) is 38.5 Å². The lowest BCUT2D eigenvalue weighted by atomic mass is 9.78. The van der Waals surface area contributed by atoms with Gasteiger partial charge >= 0.3 is 0 Å². The Morgan fingerprint density at radius 2 is 1.34 bits per heavy atom. The Kier molecular flexibility index (Phi) is 9.15. The van der Waals surface area contributed by atoms with Gasteiger partial charge in [0.2, 0.25) is 0 Å². The third kappa shape index (κ3) is 7.13. The summed E-state index contributed by atoms with van der Waals surface area (Å²) in [4.78, 5) is 4.50. The predicted molar refractivity (Wildman–Crippen MR) is 150 cm³/mol. The average molecular weight is 582 g/mol. The van der Waals surface area contributed by atoms with Crippen LogP contribution < -0.4 is 0 Å². The fraction of sp³-hybridized carbons (Fsp3) is 0.379. The number of benzene rings is 3. The van der Waals surface area contributed by atoms with Crippen LogP contribution in [0.1, 0.15) is 36.6 Å². The summed E-state index contributed by atoms with van der Waals surface area (Å²) in [5.74, 6) is -2.04. The molecule has 0 saturated carbocycles. The molecule has 0 radical (unpaired) electrons. The Bertz CT molecular complexity index is 1280. The third-order valence-electron chi connectivity index (χ3n) is 7.10. The molecule has 1 fully saturated rings. The quantitative estimate of drug-likeness (QED) is 0.255. The van der Waals surface area contributed by atoms with Crippen LogP contribution in [0.2, 0.25) is 10.0 Å². The van der Waals surface area contributed by atoms with Gasteiger partial charge in [0.05, 0.1) is 17.5 Å². The molecule has 0 aromatic heterocycles. The van der Waals surface area contributed by atoms with Gasteiger partial charge in [-0.25, -0.2) is 17.2 Å². The highest BCUT2D eigenvalue weighted by atomic mass is 35.5. The molecule has 0 atom stereocenters. The Morgan fingerprint density at radius 1 is 0.868 bits per heavy atom. The van der Waals surface area contributed by atoms with Crippen LogP contribution >= 0.6 is 23.2 Å². The molecule has 1 saturated heterocycles. The van der Waals surface area contributed by atoms with Crippen LogP contribution in [0.5, 0.6) is 0 Å². The minimum Gasteiger partial charge on any atom is -0.303 e. The molecular formula is C29H32Cl2F2N2O2S. The van der Waals surface area contributed by atoms with Gasteiger partial charge in [0.1, 0.15) is 11.6 Å². The second-order valence-corrected chi connectivity index (χ2v) is 13.1. The zero-order valence-corrected chi connectivity index (χ0v) is 23.8. The molecule has 9 heteroatoms. The van der Waals surface area contributed by atoms with E-state index in [1.807, 2.05) is 48.5 Å². The number of sulfone groups is 1. The van der Waals surface area contributed by atoms with Crippen LogP contribution in [0.15, 0.2) is 66.7 Å². The van der Waals surface area contributed by atoms with Crippen LogP contribution in [-0.2, 0) is 15.6 Å². The Hall–Kier alpha value is -2.03. The van der Waals surface area contributed by atoms with Crippen molar-refractivity contribution in [3.63, 3.8) is 0 Å². The SMILES string of the molecule is CCN(CC)CC1(CS(=O)(=O)Cc2cc(F)cc(F)c2)CN(C(c2ccc(Cl)cc2)c2ccc(Cl)cc2)C1.